The van der Waals surface area contributed by atoms with Gasteiger partial charge in [-0.25, -0.2) is 4.98 Å². The fourth-order valence-corrected chi connectivity index (χ4v) is 3.19. The van der Waals surface area contributed by atoms with Crippen molar-refractivity contribution in [1.82, 2.24) is 10.3 Å². The molecule has 0 atom stereocenters. The van der Waals surface area contributed by atoms with Crippen LogP contribution in [0.2, 0.25) is 0 Å². The van der Waals surface area contributed by atoms with Gasteiger partial charge in [0.1, 0.15) is 11.1 Å². The highest BCUT2D eigenvalue weighted by Gasteiger charge is 2.10. The molecule has 1 heterocycles. The molecule has 1 amide bonds. The number of hydrogen-bond acceptors (Lipinski definition) is 4. The van der Waals surface area contributed by atoms with Crippen LogP contribution in [0.1, 0.15) is 11.1 Å². The van der Waals surface area contributed by atoms with Crippen molar-refractivity contribution >= 4 is 17.7 Å². The first kappa shape index (κ1) is 17.7. The van der Waals surface area contributed by atoms with Crippen LogP contribution in [0.15, 0.2) is 77.8 Å². The van der Waals surface area contributed by atoms with Crippen molar-refractivity contribution in [2.45, 2.75) is 11.6 Å². The van der Waals surface area contributed by atoms with Crippen LogP contribution >= 0.6 is 11.8 Å². The van der Waals surface area contributed by atoms with E-state index in [1.165, 1.54) is 11.8 Å². The predicted molar refractivity (Wildman–Crippen MR) is 103 cm³/mol. The molecule has 0 saturated heterocycles. The van der Waals surface area contributed by atoms with Crippen LogP contribution in [-0.2, 0) is 11.3 Å². The summed E-state index contributed by atoms with van der Waals surface area (Å²) < 4.78 is 0. The first-order chi connectivity index (χ1) is 12.8. The highest BCUT2D eigenvalue weighted by atomic mass is 32.2. The van der Waals surface area contributed by atoms with Gasteiger partial charge in [0.05, 0.1) is 17.0 Å². The maximum Gasteiger partial charge on any atom is 0.230 e. The fraction of sp³-hybridized carbons (Fsp3) is 0.0952. The number of nitrogens with one attached hydrogen (secondary N) is 1. The molecule has 0 aliphatic rings. The standard InChI is InChI=1S/C21H17N3OS/c22-13-18-11-12-19(17-9-5-2-6-10-17)24-21(18)26-15-20(25)23-14-16-7-3-1-4-8-16/h1-12H,14-15H2,(H,23,25). The van der Waals surface area contributed by atoms with E-state index in [-0.39, 0.29) is 11.7 Å². The Morgan fingerprint density at radius 1 is 1.00 bits per heavy atom. The molecule has 3 aromatic rings. The minimum absolute atomic E-state index is 0.0883. The van der Waals surface area contributed by atoms with Gasteiger partial charge in [-0.05, 0) is 17.7 Å². The monoisotopic (exact) mass is 359 g/mol. The van der Waals surface area contributed by atoms with Crippen molar-refractivity contribution in [2.75, 3.05) is 5.75 Å². The molecule has 26 heavy (non-hydrogen) atoms. The normalized spacial score (nSPS) is 10.1. The molecule has 1 N–H and O–H groups in total. The number of rotatable bonds is 6. The summed E-state index contributed by atoms with van der Waals surface area (Å²) >= 11 is 1.28. The summed E-state index contributed by atoms with van der Waals surface area (Å²) in [6.45, 7) is 0.489. The van der Waals surface area contributed by atoms with Gasteiger partial charge in [0.25, 0.3) is 0 Å². The summed E-state index contributed by atoms with van der Waals surface area (Å²) in [7, 11) is 0. The van der Waals surface area contributed by atoms with Crippen LogP contribution in [0.3, 0.4) is 0 Å². The molecule has 0 spiro atoms. The maximum atomic E-state index is 12.1. The summed E-state index contributed by atoms with van der Waals surface area (Å²) in [5, 5.41) is 12.7. The second-order valence-corrected chi connectivity index (χ2v) is 6.54. The number of aromatic nitrogens is 1. The lowest BCUT2D eigenvalue weighted by Gasteiger charge is -2.08. The number of pyridine rings is 1. The zero-order chi connectivity index (χ0) is 18.2. The van der Waals surface area contributed by atoms with Crippen LogP contribution in [0, 0.1) is 11.3 Å². The number of nitriles is 1. The second kappa shape index (κ2) is 8.84. The Morgan fingerprint density at radius 3 is 2.38 bits per heavy atom. The molecule has 0 aliphatic heterocycles. The van der Waals surface area contributed by atoms with Crippen molar-refractivity contribution < 1.29 is 4.79 Å². The predicted octanol–water partition coefficient (Wildman–Crippen LogP) is 4.03. The molecular formula is C21H17N3OS. The smallest absolute Gasteiger partial charge is 0.230 e. The van der Waals surface area contributed by atoms with E-state index < -0.39 is 0 Å². The van der Waals surface area contributed by atoms with Gasteiger partial charge in [-0.15, -0.1) is 0 Å². The summed E-state index contributed by atoms with van der Waals surface area (Å²) in [5.74, 6) is 0.127. The molecule has 128 valence electrons. The van der Waals surface area contributed by atoms with Crippen LogP contribution in [0.4, 0.5) is 0 Å². The molecule has 0 fully saturated rings. The Labute approximate surface area is 156 Å². The van der Waals surface area contributed by atoms with Crippen molar-refractivity contribution in [2.24, 2.45) is 0 Å². The highest BCUT2D eigenvalue weighted by Crippen LogP contribution is 2.25. The molecule has 0 unspecified atom stereocenters. The Hall–Kier alpha value is -3.10. The minimum atomic E-state index is -0.0883. The van der Waals surface area contributed by atoms with Crippen molar-refractivity contribution in [1.29, 1.82) is 5.26 Å². The van der Waals surface area contributed by atoms with E-state index in [0.29, 0.717) is 17.1 Å². The van der Waals surface area contributed by atoms with Crippen molar-refractivity contribution in [3.8, 4) is 17.3 Å². The van der Waals surface area contributed by atoms with Gasteiger partial charge in [0, 0.05) is 12.1 Å². The number of carbonyl (C=O) groups excluding carboxylic acids is 1. The minimum Gasteiger partial charge on any atom is -0.351 e. The third kappa shape index (κ3) is 4.71. The molecule has 1 aromatic heterocycles. The topological polar surface area (TPSA) is 65.8 Å². The SMILES string of the molecule is N#Cc1ccc(-c2ccccc2)nc1SCC(=O)NCc1ccccc1. The van der Waals surface area contributed by atoms with Crippen LogP contribution < -0.4 is 5.32 Å². The van der Waals surface area contributed by atoms with E-state index in [0.717, 1.165) is 16.8 Å². The Balaban J connectivity index is 1.65. The molecule has 5 heteroatoms. The molecule has 4 nitrogen and oxygen atoms in total. The Kier molecular flexibility index (Phi) is 6.02. The van der Waals surface area contributed by atoms with Crippen molar-refractivity contribution in [3.05, 3.63) is 83.9 Å². The summed E-state index contributed by atoms with van der Waals surface area (Å²) in [5.41, 5.74) is 3.29. The average molecular weight is 359 g/mol. The highest BCUT2D eigenvalue weighted by molar-refractivity contribution is 8.00. The van der Waals surface area contributed by atoms with E-state index in [1.54, 1.807) is 6.07 Å². The second-order valence-electron chi connectivity index (χ2n) is 5.58. The first-order valence-corrected chi connectivity index (χ1v) is 9.15. The van der Waals surface area contributed by atoms with Crippen molar-refractivity contribution in [3.63, 3.8) is 0 Å². The van der Waals surface area contributed by atoms with Crippen LogP contribution in [0.5, 0.6) is 0 Å². The van der Waals surface area contributed by atoms with Crippen LogP contribution in [0.25, 0.3) is 11.3 Å². The van der Waals surface area contributed by atoms with E-state index in [4.69, 9.17) is 0 Å². The van der Waals surface area contributed by atoms with E-state index in [9.17, 15) is 10.1 Å². The Morgan fingerprint density at radius 2 is 1.69 bits per heavy atom. The number of thioether (sulfide) groups is 1. The fourth-order valence-electron chi connectivity index (χ4n) is 2.39. The van der Waals surface area contributed by atoms with E-state index in [1.807, 2.05) is 66.7 Å². The zero-order valence-corrected chi connectivity index (χ0v) is 14.9. The largest absolute Gasteiger partial charge is 0.351 e. The molecule has 0 saturated carbocycles. The number of amides is 1. The molecule has 3 rings (SSSR count). The third-order valence-electron chi connectivity index (χ3n) is 3.72. The van der Waals surface area contributed by atoms with Gasteiger partial charge >= 0.3 is 0 Å². The van der Waals surface area contributed by atoms with Gasteiger partial charge in [-0.2, -0.15) is 5.26 Å². The molecule has 0 bridgehead atoms. The molecule has 2 aromatic carbocycles. The lowest BCUT2D eigenvalue weighted by Crippen LogP contribution is -2.24. The third-order valence-corrected chi connectivity index (χ3v) is 4.71. The molecule has 0 aliphatic carbocycles. The number of benzene rings is 2. The van der Waals surface area contributed by atoms with Gasteiger partial charge in [0.15, 0.2) is 0 Å². The lowest BCUT2D eigenvalue weighted by atomic mass is 10.1. The summed E-state index contributed by atoms with van der Waals surface area (Å²) in [6, 6.07) is 25.2. The van der Waals surface area contributed by atoms with Gasteiger partial charge in [-0.3, -0.25) is 4.79 Å². The maximum absolute atomic E-state index is 12.1. The Bertz CT molecular complexity index is 921. The number of hydrogen-bond donors (Lipinski definition) is 1. The van der Waals surface area contributed by atoms with Gasteiger partial charge < -0.3 is 5.32 Å². The number of carbonyl (C=O) groups is 1. The zero-order valence-electron chi connectivity index (χ0n) is 14.1. The van der Waals surface area contributed by atoms with E-state index in [2.05, 4.69) is 16.4 Å². The quantitative estimate of drug-likeness (QED) is 0.675. The lowest BCUT2D eigenvalue weighted by molar-refractivity contribution is -0.118. The van der Waals surface area contributed by atoms with Gasteiger partial charge in [-0.1, -0.05) is 72.4 Å². The summed E-state index contributed by atoms with van der Waals surface area (Å²) in [6.07, 6.45) is 0. The van der Waals surface area contributed by atoms with E-state index >= 15 is 0 Å². The summed E-state index contributed by atoms with van der Waals surface area (Å²) in [4.78, 5) is 16.7. The number of nitrogens with zero attached hydrogens (tertiary/aromatic N) is 2. The van der Waals surface area contributed by atoms with Gasteiger partial charge in [0.2, 0.25) is 5.91 Å². The molecular weight excluding hydrogens is 342 g/mol. The molecule has 0 radical (unpaired) electrons. The average Bonchev–Trinajstić information content (AvgIpc) is 2.72. The first-order valence-electron chi connectivity index (χ1n) is 8.16. The van der Waals surface area contributed by atoms with Crippen LogP contribution in [-0.4, -0.2) is 16.6 Å².